The molecule has 0 bridgehead atoms. The molecule has 2 heterocycles. The third-order valence-corrected chi connectivity index (χ3v) is 4.51. The molecular weight excluding hydrogens is 301 g/mol. The number of carboxylic acid groups (broad SMARTS) is 1. The Balaban J connectivity index is 0.000000246. The molecule has 10 heteroatoms. The smallest absolute Gasteiger partial charge is 0.475 e. The fourth-order valence-electron chi connectivity index (χ4n) is 2.28. The molecule has 0 amide bonds. The number of halogens is 3. The summed E-state index contributed by atoms with van der Waals surface area (Å²) in [6, 6.07) is 0.406. The van der Waals surface area contributed by atoms with Crippen molar-refractivity contribution in [3.05, 3.63) is 0 Å². The Kier molecular flexibility index (Phi) is 5.39. The number of nitrogens with one attached hydrogen (secondary N) is 1. The van der Waals surface area contributed by atoms with Crippen molar-refractivity contribution in [1.82, 2.24) is 9.62 Å². The number of nitrogens with zero attached hydrogens (tertiary/aromatic N) is 1. The molecule has 2 N–H and O–H groups in total. The van der Waals surface area contributed by atoms with Crippen LogP contribution in [0.15, 0.2) is 0 Å². The van der Waals surface area contributed by atoms with E-state index in [2.05, 4.69) is 5.32 Å². The molecule has 0 aromatic rings. The van der Waals surface area contributed by atoms with Gasteiger partial charge in [-0.2, -0.15) is 13.2 Å². The van der Waals surface area contributed by atoms with Crippen LogP contribution in [-0.4, -0.2) is 61.9 Å². The Morgan fingerprint density at radius 2 is 1.90 bits per heavy atom. The van der Waals surface area contributed by atoms with E-state index in [1.54, 1.807) is 4.31 Å². The molecule has 2 saturated heterocycles. The quantitative estimate of drug-likeness (QED) is 0.724. The van der Waals surface area contributed by atoms with Crippen molar-refractivity contribution in [3.8, 4) is 0 Å². The second-order valence-corrected chi connectivity index (χ2v) is 6.83. The van der Waals surface area contributed by atoms with Gasteiger partial charge in [0.05, 0.1) is 6.26 Å². The maximum atomic E-state index is 11.3. The molecule has 0 aliphatic carbocycles. The van der Waals surface area contributed by atoms with Gasteiger partial charge in [0.25, 0.3) is 0 Å². The Bertz CT molecular complexity index is 438. The monoisotopic (exact) mass is 318 g/mol. The molecule has 0 unspecified atom stereocenters. The number of aliphatic carboxylic acids is 1. The SMILES string of the molecule is CS(=O)(=O)N1C[C@H]2CCCN[C@H]2C1.O=C(O)C(F)(F)F. The van der Waals surface area contributed by atoms with E-state index in [1.165, 1.54) is 19.1 Å². The minimum atomic E-state index is -5.08. The second-order valence-electron chi connectivity index (χ2n) is 4.85. The molecule has 0 saturated carbocycles. The first-order chi connectivity index (χ1) is 9.01. The third kappa shape index (κ3) is 4.91. The molecule has 6 nitrogen and oxygen atoms in total. The summed E-state index contributed by atoms with van der Waals surface area (Å²) in [5.41, 5.74) is 0. The first-order valence-electron chi connectivity index (χ1n) is 6.00. The molecule has 2 fully saturated rings. The number of sulfonamides is 1. The average molecular weight is 318 g/mol. The van der Waals surface area contributed by atoms with Crippen LogP contribution in [-0.2, 0) is 14.8 Å². The number of rotatable bonds is 1. The highest BCUT2D eigenvalue weighted by molar-refractivity contribution is 7.88. The Morgan fingerprint density at radius 3 is 2.30 bits per heavy atom. The zero-order chi connectivity index (χ0) is 15.6. The van der Waals surface area contributed by atoms with Gasteiger partial charge in [-0.15, -0.1) is 0 Å². The van der Waals surface area contributed by atoms with E-state index in [4.69, 9.17) is 9.90 Å². The van der Waals surface area contributed by atoms with Gasteiger partial charge in [0.2, 0.25) is 10.0 Å². The van der Waals surface area contributed by atoms with E-state index < -0.39 is 22.2 Å². The summed E-state index contributed by atoms with van der Waals surface area (Å²) >= 11 is 0. The number of hydrogen-bond acceptors (Lipinski definition) is 4. The summed E-state index contributed by atoms with van der Waals surface area (Å²) in [5.74, 6) is -2.21. The van der Waals surface area contributed by atoms with E-state index in [0.29, 0.717) is 18.5 Å². The molecule has 0 aromatic heterocycles. The molecule has 2 rings (SSSR count). The van der Waals surface area contributed by atoms with Crippen molar-refractivity contribution < 1.29 is 31.5 Å². The summed E-state index contributed by atoms with van der Waals surface area (Å²) in [6.07, 6.45) is -1.44. The Hall–Kier alpha value is -0.870. The number of alkyl halides is 3. The van der Waals surface area contributed by atoms with Crippen LogP contribution in [0.1, 0.15) is 12.8 Å². The van der Waals surface area contributed by atoms with Gasteiger partial charge in [-0.1, -0.05) is 0 Å². The summed E-state index contributed by atoms with van der Waals surface area (Å²) in [4.78, 5) is 8.90. The van der Waals surface area contributed by atoms with E-state index in [-0.39, 0.29) is 0 Å². The van der Waals surface area contributed by atoms with Crippen molar-refractivity contribution in [2.24, 2.45) is 5.92 Å². The fraction of sp³-hybridized carbons (Fsp3) is 0.900. The predicted octanol–water partition coefficient (Wildman–Crippen LogP) is 0.263. The third-order valence-electron chi connectivity index (χ3n) is 3.28. The van der Waals surface area contributed by atoms with Gasteiger partial charge in [-0.3, -0.25) is 0 Å². The fourth-order valence-corrected chi connectivity index (χ4v) is 3.17. The van der Waals surface area contributed by atoms with Gasteiger partial charge in [0, 0.05) is 19.1 Å². The zero-order valence-corrected chi connectivity index (χ0v) is 11.7. The van der Waals surface area contributed by atoms with Gasteiger partial charge in [0.1, 0.15) is 0 Å². The number of carboxylic acids is 1. The largest absolute Gasteiger partial charge is 0.490 e. The summed E-state index contributed by atoms with van der Waals surface area (Å²) in [5, 5.41) is 10.5. The van der Waals surface area contributed by atoms with E-state index in [9.17, 15) is 21.6 Å². The lowest BCUT2D eigenvalue weighted by molar-refractivity contribution is -0.192. The lowest BCUT2D eigenvalue weighted by atomic mass is 9.94. The molecule has 0 radical (unpaired) electrons. The van der Waals surface area contributed by atoms with Crippen LogP contribution in [0.5, 0.6) is 0 Å². The molecular formula is C10H17F3N2O4S. The number of hydrogen-bond donors (Lipinski definition) is 2. The molecule has 118 valence electrons. The molecule has 0 aromatic carbocycles. The summed E-state index contributed by atoms with van der Waals surface area (Å²) < 4.78 is 55.9. The van der Waals surface area contributed by atoms with Gasteiger partial charge in [-0.25, -0.2) is 17.5 Å². The Labute approximate surface area is 115 Å². The lowest BCUT2D eigenvalue weighted by Crippen LogP contribution is -2.40. The van der Waals surface area contributed by atoms with E-state index in [0.717, 1.165) is 13.1 Å². The normalized spacial score (nSPS) is 27.4. The van der Waals surface area contributed by atoms with Crippen molar-refractivity contribution in [3.63, 3.8) is 0 Å². The minimum Gasteiger partial charge on any atom is -0.475 e. The topological polar surface area (TPSA) is 86.7 Å². The standard InChI is InChI=1S/C8H16N2O2S.C2HF3O2/c1-13(11,12)10-5-7-3-2-4-9-8(7)6-10;3-2(4,5)1(6)7/h7-9H,2-6H2,1H3;(H,6,7)/t7-,8+;/m1./s1. The van der Waals surface area contributed by atoms with Gasteiger partial charge < -0.3 is 10.4 Å². The van der Waals surface area contributed by atoms with Gasteiger partial charge >= 0.3 is 12.1 Å². The highest BCUT2D eigenvalue weighted by Crippen LogP contribution is 2.26. The summed E-state index contributed by atoms with van der Waals surface area (Å²) in [6.45, 7) is 2.43. The number of piperidine rings is 1. The number of carbonyl (C=O) groups is 1. The lowest BCUT2D eigenvalue weighted by Gasteiger charge is -2.24. The maximum absolute atomic E-state index is 11.3. The minimum absolute atomic E-state index is 0.406. The first-order valence-corrected chi connectivity index (χ1v) is 7.85. The van der Waals surface area contributed by atoms with Gasteiger partial charge in [0.15, 0.2) is 0 Å². The molecule has 2 aliphatic rings. The van der Waals surface area contributed by atoms with Crippen molar-refractivity contribution in [2.45, 2.75) is 25.1 Å². The average Bonchev–Trinajstić information content (AvgIpc) is 2.71. The van der Waals surface area contributed by atoms with Crippen molar-refractivity contribution in [1.29, 1.82) is 0 Å². The predicted molar refractivity (Wildman–Crippen MR) is 64.6 cm³/mol. The maximum Gasteiger partial charge on any atom is 0.490 e. The van der Waals surface area contributed by atoms with Gasteiger partial charge in [-0.05, 0) is 25.3 Å². The highest BCUT2D eigenvalue weighted by Gasteiger charge is 2.38. The molecule has 2 aliphatic heterocycles. The van der Waals surface area contributed by atoms with E-state index in [1.807, 2.05) is 0 Å². The number of fused-ring (bicyclic) bond motifs is 1. The zero-order valence-electron chi connectivity index (χ0n) is 10.9. The van der Waals surface area contributed by atoms with Crippen LogP contribution in [0, 0.1) is 5.92 Å². The van der Waals surface area contributed by atoms with Crippen LogP contribution in [0.3, 0.4) is 0 Å². The second kappa shape index (κ2) is 6.27. The van der Waals surface area contributed by atoms with E-state index >= 15 is 0 Å². The summed E-state index contributed by atoms with van der Waals surface area (Å²) in [7, 11) is -2.97. The highest BCUT2D eigenvalue weighted by atomic mass is 32.2. The van der Waals surface area contributed by atoms with Crippen LogP contribution in [0.25, 0.3) is 0 Å². The van der Waals surface area contributed by atoms with Crippen LogP contribution in [0.4, 0.5) is 13.2 Å². The Morgan fingerprint density at radius 1 is 1.35 bits per heavy atom. The van der Waals surface area contributed by atoms with Crippen molar-refractivity contribution >= 4 is 16.0 Å². The first kappa shape index (κ1) is 17.2. The van der Waals surface area contributed by atoms with Crippen LogP contribution >= 0.6 is 0 Å². The van der Waals surface area contributed by atoms with Crippen molar-refractivity contribution in [2.75, 3.05) is 25.9 Å². The molecule has 2 atom stereocenters. The molecule has 20 heavy (non-hydrogen) atoms. The van der Waals surface area contributed by atoms with Crippen LogP contribution < -0.4 is 5.32 Å². The van der Waals surface area contributed by atoms with Crippen LogP contribution in [0.2, 0.25) is 0 Å². The molecule has 0 spiro atoms.